The average Bonchev–Trinajstić information content (AvgIpc) is 2.32. The van der Waals surface area contributed by atoms with Crippen molar-refractivity contribution in [3.63, 3.8) is 0 Å². The summed E-state index contributed by atoms with van der Waals surface area (Å²) in [6.07, 6.45) is 0.967. The third-order valence-corrected chi connectivity index (χ3v) is 3.62. The maximum absolute atomic E-state index is 13.8. The van der Waals surface area contributed by atoms with E-state index in [9.17, 15) is 9.18 Å². The van der Waals surface area contributed by atoms with Crippen LogP contribution in [0.2, 0.25) is 0 Å². The van der Waals surface area contributed by atoms with Gasteiger partial charge in [0.2, 0.25) is 5.91 Å². The lowest BCUT2D eigenvalue weighted by Crippen LogP contribution is -2.15. The van der Waals surface area contributed by atoms with Crippen molar-refractivity contribution in [3.8, 4) is 5.75 Å². The van der Waals surface area contributed by atoms with Crippen molar-refractivity contribution in [2.45, 2.75) is 26.7 Å². The van der Waals surface area contributed by atoms with Gasteiger partial charge in [-0.15, -0.1) is 0 Å². The molecule has 1 atom stereocenters. The molecular formula is C13H17BrFNO2. The fourth-order valence-corrected chi connectivity index (χ4v) is 1.77. The summed E-state index contributed by atoms with van der Waals surface area (Å²) in [7, 11) is 0. The lowest BCUT2D eigenvalue weighted by atomic mass is 10.1. The molecule has 0 heterocycles. The molecule has 18 heavy (non-hydrogen) atoms. The highest BCUT2D eigenvalue weighted by atomic mass is 79.9. The number of carbonyl (C=O) groups is 1. The minimum Gasteiger partial charge on any atom is -0.490 e. The maximum Gasteiger partial charge on any atom is 0.217 e. The molecule has 0 aliphatic carbocycles. The van der Waals surface area contributed by atoms with Crippen LogP contribution in [0.4, 0.5) is 4.39 Å². The van der Waals surface area contributed by atoms with Crippen molar-refractivity contribution >= 4 is 21.8 Å². The Balaban J connectivity index is 2.53. The predicted octanol–water partition coefficient (Wildman–Crippen LogP) is 3.18. The number of benzene rings is 1. The van der Waals surface area contributed by atoms with Gasteiger partial charge in [0.1, 0.15) is 0 Å². The molecule has 0 saturated heterocycles. The normalized spacial score (nSPS) is 12.2. The summed E-state index contributed by atoms with van der Waals surface area (Å²) in [6, 6.07) is 3.40. The molecule has 1 aromatic carbocycles. The van der Waals surface area contributed by atoms with Crippen molar-refractivity contribution in [3.05, 3.63) is 28.0 Å². The van der Waals surface area contributed by atoms with Gasteiger partial charge in [0, 0.05) is 6.42 Å². The highest BCUT2D eigenvalue weighted by Gasteiger charge is 2.12. The second-order valence-electron chi connectivity index (χ2n) is 4.43. The van der Waals surface area contributed by atoms with Gasteiger partial charge in [-0.1, -0.05) is 13.0 Å². The Kier molecular flexibility index (Phi) is 5.59. The van der Waals surface area contributed by atoms with Crippen LogP contribution in [0, 0.1) is 18.7 Å². The van der Waals surface area contributed by atoms with Crippen molar-refractivity contribution in [2.75, 3.05) is 6.61 Å². The zero-order valence-corrected chi connectivity index (χ0v) is 12.1. The van der Waals surface area contributed by atoms with Crippen LogP contribution in [0.3, 0.4) is 0 Å². The quantitative estimate of drug-likeness (QED) is 0.876. The number of rotatable bonds is 6. The zero-order chi connectivity index (χ0) is 13.7. The molecule has 0 aliphatic heterocycles. The van der Waals surface area contributed by atoms with E-state index in [-0.39, 0.29) is 17.6 Å². The summed E-state index contributed by atoms with van der Waals surface area (Å²) in [5, 5.41) is 0. The van der Waals surface area contributed by atoms with Crippen LogP contribution in [0.25, 0.3) is 0 Å². The number of aryl methyl sites for hydroxylation is 1. The maximum atomic E-state index is 13.8. The van der Waals surface area contributed by atoms with Crippen molar-refractivity contribution in [1.82, 2.24) is 0 Å². The molecule has 0 aliphatic rings. The Hall–Kier alpha value is -1.10. The van der Waals surface area contributed by atoms with Gasteiger partial charge in [-0.25, -0.2) is 4.39 Å². The molecule has 3 nitrogen and oxygen atoms in total. The van der Waals surface area contributed by atoms with E-state index >= 15 is 0 Å². The van der Waals surface area contributed by atoms with Gasteiger partial charge in [-0.05, 0) is 46.8 Å². The number of ether oxygens (including phenoxy) is 1. The highest BCUT2D eigenvalue weighted by Crippen LogP contribution is 2.28. The van der Waals surface area contributed by atoms with Crippen LogP contribution < -0.4 is 10.5 Å². The van der Waals surface area contributed by atoms with E-state index in [1.165, 1.54) is 0 Å². The Morgan fingerprint density at radius 1 is 1.56 bits per heavy atom. The summed E-state index contributed by atoms with van der Waals surface area (Å²) in [5.41, 5.74) is 5.88. The average molecular weight is 318 g/mol. The highest BCUT2D eigenvalue weighted by molar-refractivity contribution is 9.10. The Morgan fingerprint density at radius 3 is 2.83 bits per heavy atom. The largest absolute Gasteiger partial charge is 0.490 e. The molecule has 0 aromatic heterocycles. The summed E-state index contributed by atoms with van der Waals surface area (Å²) in [4.78, 5) is 10.6. The van der Waals surface area contributed by atoms with Crippen LogP contribution in [0.5, 0.6) is 5.75 Å². The Morgan fingerprint density at radius 2 is 2.22 bits per heavy atom. The summed E-state index contributed by atoms with van der Waals surface area (Å²) in [6.45, 7) is 4.11. The first kappa shape index (κ1) is 15.0. The zero-order valence-electron chi connectivity index (χ0n) is 10.5. The van der Waals surface area contributed by atoms with Crippen LogP contribution in [0.15, 0.2) is 16.6 Å². The minimum atomic E-state index is -0.392. The Bertz CT molecular complexity index is 437. The van der Waals surface area contributed by atoms with Crippen LogP contribution in [-0.2, 0) is 4.79 Å². The third-order valence-electron chi connectivity index (χ3n) is 2.65. The molecule has 2 N–H and O–H groups in total. The standard InChI is InChI=1S/C13H17BrFNO2/c1-8(3-6-11(16)17)7-18-10-5-4-9(2)12(14)13(10)15/h4-5,8H,3,6-7H2,1-2H3,(H2,16,17)/t8-/m0/s1. The first-order valence-electron chi connectivity index (χ1n) is 5.77. The SMILES string of the molecule is Cc1ccc(OC[C@@H](C)CCC(N)=O)c(F)c1Br. The van der Waals surface area contributed by atoms with Gasteiger partial charge in [0.05, 0.1) is 11.1 Å². The van der Waals surface area contributed by atoms with Gasteiger partial charge >= 0.3 is 0 Å². The van der Waals surface area contributed by atoms with E-state index in [2.05, 4.69) is 15.9 Å². The first-order chi connectivity index (χ1) is 8.41. The lowest BCUT2D eigenvalue weighted by molar-refractivity contribution is -0.118. The van der Waals surface area contributed by atoms with E-state index in [4.69, 9.17) is 10.5 Å². The number of halogens is 2. The first-order valence-corrected chi connectivity index (χ1v) is 6.56. The second kappa shape index (κ2) is 6.73. The molecule has 0 radical (unpaired) electrons. The molecule has 0 fully saturated rings. The van der Waals surface area contributed by atoms with E-state index < -0.39 is 5.82 Å². The van der Waals surface area contributed by atoms with Crippen LogP contribution in [0.1, 0.15) is 25.3 Å². The molecule has 1 amide bonds. The topological polar surface area (TPSA) is 52.3 Å². The molecule has 5 heteroatoms. The fourth-order valence-electron chi connectivity index (χ4n) is 1.44. The van der Waals surface area contributed by atoms with Gasteiger partial charge in [0.15, 0.2) is 11.6 Å². The van der Waals surface area contributed by atoms with Gasteiger partial charge in [-0.3, -0.25) is 4.79 Å². The second-order valence-corrected chi connectivity index (χ2v) is 5.22. The van der Waals surface area contributed by atoms with E-state index in [0.29, 0.717) is 23.9 Å². The summed E-state index contributed by atoms with van der Waals surface area (Å²) < 4.78 is 19.6. The third kappa shape index (κ3) is 4.29. The predicted molar refractivity (Wildman–Crippen MR) is 71.9 cm³/mol. The molecular weight excluding hydrogens is 301 g/mol. The molecule has 0 saturated carbocycles. The molecule has 100 valence electrons. The molecule has 0 spiro atoms. The number of hydrogen-bond acceptors (Lipinski definition) is 2. The van der Waals surface area contributed by atoms with E-state index in [1.807, 2.05) is 13.8 Å². The number of nitrogens with two attached hydrogens (primary N) is 1. The number of primary amides is 1. The molecule has 0 unspecified atom stereocenters. The van der Waals surface area contributed by atoms with Gasteiger partial charge in [0.25, 0.3) is 0 Å². The smallest absolute Gasteiger partial charge is 0.217 e. The van der Waals surface area contributed by atoms with Crippen molar-refractivity contribution in [2.24, 2.45) is 11.7 Å². The fraction of sp³-hybridized carbons (Fsp3) is 0.462. The molecule has 1 rings (SSSR count). The van der Waals surface area contributed by atoms with Crippen LogP contribution >= 0.6 is 15.9 Å². The van der Waals surface area contributed by atoms with E-state index in [1.54, 1.807) is 12.1 Å². The lowest BCUT2D eigenvalue weighted by Gasteiger charge is -2.13. The minimum absolute atomic E-state index is 0.150. The van der Waals surface area contributed by atoms with Crippen molar-refractivity contribution < 1.29 is 13.9 Å². The van der Waals surface area contributed by atoms with Gasteiger partial charge < -0.3 is 10.5 Å². The number of carbonyl (C=O) groups excluding carboxylic acids is 1. The molecule has 1 aromatic rings. The Labute approximate surface area is 115 Å². The number of hydrogen-bond donors (Lipinski definition) is 1. The van der Waals surface area contributed by atoms with Crippen LogP contribution in [-0.4, -0.2) is 12.5 Å². The monoisotopic (exact) mass is 317 g/mol. The summed E-state index contributed by atoms with van der Waals surface area (Å²) in [5.74, 6) is -0.349. The van der Waals surface area contributed by atoms with Gasteiger partial charge in [-0.2, -0.15) is 0 Å². The summed E-state index contributed by atoms with van der Waals surface area (Å²) >= 11 is 3.17. The van der Waals surface area contributed by atoms with Crippen molar-refractivity contribution in [1.29, 1.82) is 0 Å². The van der Waals surface area contributed by atoms with E-state index in [0.717, 1.165) is 5.56 Å². The number of amides is 1. The molecule has 0 bridgehead atoms.